The minimum atomic E-state index is -0.618. The fourth-order valence-corrected chi connectivity index (χ4v) is 2.59. The maximum absolute atomic E-state index is 11.9. The third-order valence-corrected chi connectivity index (χ3v) is 3.98. The molecule has 2 aromatic rings. The highest BCUT2D eigenvalue weighted by Gasteiger charge is 2.21. The van der Waals surface area contributed by atoms with Gasteiger partial charge in [-0.15, -0.1) is 0 Å². The summed E-state index contributed by atoms with van der Waals surface area (Å²) in [6.45, 7) is 0.208. The van der Waals surface area contributed by atoms with Gasteiger partial charge in [-0.3, -0.25) is 4.79 Å². The SMILES string of the molecule is COc1ccccc1/C=C/C(=O)OCC(=O)NC[C@H]1COc2ccccc2O1. The largest absolute Gasteiger partial charge is 0.496 e. The van der Waals surface area contributed by atoms with Crippen molar-refractivity contribution in [3.8, 4) is 17.2 Å². The van der Waals surface area contributed by atoms with Crippen molar-refractivity contribution in [1.29, 1.82) is 0 Å². The third kappa shape index (κ3) is 5.26. The van der Waals surface area contributed by atoms with Crippen LogP contribution in [0.25, 0.3) is 6.08 Å². The molecule has 0 saturated carbocycles. The molecule has 1 amide bonds. The zero-order valence-corrected chi connectivity index (χ0v) is 15.4. The number of hydrogen-bond donors (Lipinski definition) is 1. The van der Waals surface area contributed by atoms with Crippen LogP contribution >= 0.6 is 0 Å². The molecule has 2 aromatic carbocycles. The van der Waals surface area contributed by atoms with E-state index in [4.69, 9.17) is 18.9 Å². The summed E-state index contributed by atoms with van der Waals surface area (Å²) in [5, 5.41) is 2.67. The van der Waals surface area contributed by atoms with Gasteiger partial charge in [0.25, 0.3) is 5.91 Å². The first kappa shape index (κ1) is 19.3. The lowest BCUT2D eigenvalue weighted by Crippen LogP contribution is -2.42. The molecule has 146 valence electrons. The monoisotopic (exact) mass is 383 g/mol. The third-order valence-electron chi connectivity index (χ3n) is 3.98. The lowest BCUT2D eigenvalue weighted by Gasteiger charge is -2.26. The van der Waals surface area contributed by atoms with Gasteiger partial charge >= 0.3 is 5.97 Å². The maximum atomic E-state index is 11.9. The molecule has 0 fully saturated rings. The molecule has 0 saturated heterocycles. The van der Waals surface area contributed by atoms with Gasteiger partial charge in [-0.05, 0) is 24.3 Å². The van der Waals surface area contributed by atoms with Crippen molar-refractivity contribution in [3.63, 3.8) is 0 Å². The van der Waals surface area contributed by atoms with Crippen molar-refractivity contribution in [2.75, 3.05) is 26.9 Å². The molecule has 0 spiro atoms. The predicted octanol–water partition coefficient (Wildman–Crippen LogP) is 2.21. The van der Waals surface area contributed by atoms with Crippen LogP contribution in [0.2, 0.25) is 0 Å². The normalized spacial score (nSPS) is 15.1. The second kappa shape index (κ2) is 9.45. The van der Waals surface area contributed by atoms with Gasteiger partial charge in [0.15, 0.2) is 18.1 Å². The Morgan fingerprint density at radius 2 is 1.89 bits per heavy atom. The van der Waals surface area contributed by atoms with Gasteiger partial charge in [-0.1, -0.05) is 30.3 Å². The first-order chi connectivity index (χ1) is 13.7. The Bertz CT molecular complexity index is 863. The molecular formula is C21H21NO6. The summed E-state index contributed by atoms with van der Waals surface area (Å²) in [5.41, 5.74) is 0.737. The van der Waals surface area contributed by atoms with Crippen molar-refractivity contribution < 1.29 is 28.5 Å². The minimum absolute atomic E-state index is 0.252. The van der Waals surface area contributed by atoms with Gasteiger partial charge in [-0.2, -0.15) is 0 Å². The fraction of sp³-hybridized carbons (Fsp3) is 0.238. The Labute approximate surface area is 162 Å². The van der Waals surface area contributed by atoms with E-state index in [9.17, 15) is 9.59 Å². The molecule has 0 unspecified atom stereocenters. The number of carbonyl (C=O) groups is 2. The number of fused-ring (bicyclic) bond motifs is 1. The van der Waals surface area contributed by atoms with E-state index in [0.717, 1.165) is 5.56 Å². The summed E-state index contributed by atoms with van der Waals surface area (Å²) in [7, 11) is 1.55. The number of hydrogen-bond acceptors (Lipinski definition) is 6. The highest BCUT2D eigenvalue weighted by molar-refractivity contribution is 5.89. The molecule has 0 aliphatic carbocycles. The molecule has 1 atom stereocenters. The van der Waals surface area contributed by atoms with Crippen molar-refractivity contribution in [1.82, 2.24) is 5.32 Å². The zero-order chi connectivity index (χ0) is 19.8. The van der Waals surface area contributed by atoms with Crippen molar-refractivity contribution >= 4 is 18.0 Å². The molecule has 1 N–H and O–H groups in total. The van der Waals surface area contributed by atoms with Gasteiger partial charge in [0.1, 0.15) is 18.5 Å². The van der Waals surface area contributed by atoms with Crippen LogP contribution in [0.3, 0.4) is 0 Å². The number of esters is 1. The van der Waals surface area contributed by atoms with E-state index >= 15 is 0 Å². The number of benzene rings is 2. The highest BCUT2D eigenvalue weighted by Crippen LogP contribution is 2.30. The first-order valence-corrected chi connectivity index (χ1v) is 8.79. The quantitative estimate of drug-likeness (QED) is 0.583. The van der Waals surface area contributed by atoms with E-state index < -0.39 is 11.9 Å². The second-order valence-electron chi connectivity index (χ2n) is 5.98. The van der Waals surface area contributed by atoms with Crippen molar-refractivity contribution in [2.24, 2.45) is 0 Å². The van der Waals surface area contributed by atoms with E-state index in [1.54, 1.807) is 31.4 Å². The van der Waals surface area contributed by atoms with E-state index in [2.05, 4.69) is 5.32 Å². The molecule has 1 aliphatic heterocycles. The Kier molecular flexibility index (Phi) is 6.51. The number of ether oxygens (including phenoxy) is 4. The lowest BCUT2D eigenvalue weighted by molar-refractivity contribution is -0.143. The first-order valence-electron chi connectivity index (χ1n) is 8.79. The van der Waals surface area contributed by atoms with Gasteiger partial charge in [0.05, 0.1) is 13.7 Å². The number of methoxy groups -OCH3 is 1. The number of para-hydroxylation sites is 3. The minimum Gasteiger partial charge on any atom is -0.496 e. The molecule has 0 aromatic heterocycles. The standard InChI is InChI=1S/C21H21NO6/c1-25-17-7-3-2-6-15(17)10-11-21(24)27-14-20(23)22-12-16-13-26-18-8-4-5-9-19(18)28-16/h2-11,16H,12-14H2,1H3,(H,22,23)/b11-10+/t16-/m0/s1. The number of nitrogens with one attached hydrogen (secondary N) is 1. The molecule has 0 bridgehead atoms. The summed E-state index contributed by atoms with van der Waals surface area (Å²) in [5.74, 6) is 0.927. The summed E-state index contributed by atoms with van der Waals surface area (Å²) in [6, 6.07) is 14.6. The lowest BCUT2D eigenvalue weighted by atomic mass is 10.2. The summed E-state index contributed by atoms with van der Waals surface area (Å²) in [6.07, 6.45) is 2.52. The van der Waals surface area contributed by atoms with Gasteiger partial charge in [-0.25, -0.2) is 4.79 Å². The van der Waals surface area contributed by atoms with Crippen LogP contribution < -0.4 is 19.5 Å². The van der Waals surface area contributed by atoms with Crippen LogP contribution in [-0.4, -0.2) is 44.8 Å². The molecule has 28 heavy (non-hydrogen) atoms. The average molecular weight is 383 g/mol. The Hall–Kier alpha value is -3.48. The predicted molar refractivity (Wildman–Crippen MR) is 102 cm³/mol. The van der Waals surface area contributed by atoms with Crippen LogP contribution in [-0.2, 0) is 14.3 Å². The van der Waals surface area contributed by atoms with Crippen LogP contribution in [0.4, 0.5) is 0 Å². The Morgan fingerprint density at radius 1 is 1.14 bits per heavy atom. The number of carbonyl (C=O) groups excluding carboxylic acids is 2. The van der Waals surface area contributed by atoms with Gasteiger partial charge in [0, 0.05) is 11.6 Å². The molecule has 7 heteroatoms. The van der Waals surface area contributed by atoms with Crippen LogP contribution in [0.5, 0.6) is 17.2 Å². The molecule has 0 radical (unpaired) electrons. The smallest absolute Gasteiger partial charge is 0.331 e. The van der Waals surface area contributed by atoms with Crippen molar-refractivity contribution in [2.45, 2.75) is 6.10 Å². The van der Waals surface area contributed by atoms with Gasteiger partial charge in [0.2, 0.25) is 0 Å². The van der Waals surface area contributed by atoms with E-state index in [-0.39, 0.29) is 19.3 Å². The molecule has 3 rings (SSSR count). The van der Waals surface area contributed by atoms with Crippen LogP contribution in [0.15, 0.2) is 54.6 Å². The zero-order valence-electron chi connectivity index (χ0n) is 15.4. The second-order valence-corrected chi connectivity index (χ2v) is 5.98. The summed E-state index contributed by atoms with van der Waals surface area (Å²) in [4.78, 5) is 23.7. The topological polar surface area (TPSA) is 83.1 Å². The molecule has 1 heterocycles. The Morgan fingerprint density at radius 3 is 2.71 bits per heavy atom. The molecular weight excluding hydrogens is 362 g/mol. The van der Waals surface area contributed by atoms with Crippen molar-refractivity contribution in [3.05, 3.63) is 60.2 Å². The van der Waals surface area contributed by atoms with E-state index in [1.165, 1.54) is 6.08 Å². The summed E-state index contributed by atoms with van der Waals surface area (Å²) >= 11 is 0. The summed E-state index contributed by atoms with van der Waals surface area (Å²) < 4.78 is 21.5. The molecule has 7 nitrogen and oxygen atoms in total. The maximum Gasteiger partial charge on any atom is 0.331 e. The fourth-order valence-electron chi connectivity index (χ4n) is 2.59. The number of amides is 1. The van der Waals surface area contributed by atoms with E-state index in [0.29, 0.717) is 23.9 Å². The average Bonchev–Trinajstić information content (AvgIpc) is 2.74. The molecule has 1 aliphatic rings. The van der Waals surface area contributed by atoms with Gasteiger partial charge < -0.3 is 24.3 Å². The van der Waals surface area contributed by atoms with E-state index in [1.807, 2.05) is 30.3 Å². The van der Waals surface area contributed by atoms with Crippen LogP contribution in [0.1, 0.15) is 5.56 Å². The van der Waals surface area contributed by atoms with Crippen LogP contribution in [0, 0.1) is 0 Å². The Balaban J connectivity index is 1.40. The highest BCUT2D eigenvalue weighted by atomic mass is 16.6. The number of rotatable bonds is 7.